The molecule has 0 aromatic carbocycles. The molecule has 29 heavy (non-hydrogen) atoms. The van der Waals surface area contributed by atoms with E-state index < -0.39 is 24.5 Å². The molecule has 1 fully saturated rings. The molecule has 0 saturated heterocycles. The number of thiazole rings is 1. The van der Waals surface area contributed by atoms with E-state index >= 15 is 0 Å². The highest BCUT2D eigenvalue weighted by Gasteiger charge is 2.24. The predicted molar refractivity (Wildman–Crippen MR) is 108 cm³/mol. The molecule has 154 valence electrons. The van der Waals surface area contributed by atoms with Gasteiger partial charge in [-0.25, -0.2) is 14.6 Å². The van der Waals surface area contributed by atoms with E-state index in [1.165, 1.54) is 0 Å². The Labute approximate surface area is 173 Å². The molecular formula is C20H24N4O4S. The minimum Gasteiger partial charge on any atom is -0.451 e. The molecular weight excluding hydrogens is 392 g/mol. The van der Waals surface area contributed by atoms with Crippen LogP contribution in [0.4, 0.5) is 4.79 Å². The molecule has 0 spiro atoms. The van der Waals surface area contributed by atoms with E-state index in [1.807, 2.05) is 6.07 Å². The predicted octanol–water partition coefficient (Wildman–Crippen LogP) is 3.07. The first-order valence-electron chi connectivity index (χ1n) is 9.60. The van der Waals surface area contributed by atoms with Gasteiger partial charge in [0.2, 0.25) is 0 Å². The van der Waals surface area contributed by atoms with Crippen LogP contribution in [0, 0.1) is 12.8 Å². The van der Waals surface area contributed by atoms with Crippen molar-refractivity contribution in [3.8, 4) is 10.7 Å². The Kier molecular flexibility index (Phi) is 6.92. The Morgan fingerprint density at radius 2 is 2.03 bits per heavy atom. The fourth-order valence-electron chi connectivity index (χ4n) is 3.28. The van der Waals surface area contributed by atoms with Gasteiger partial charge in [0.05, 0.1) is 11.4 Å². The molecule has 1 saturated carbocycles. The van der Waals surface area contributed by atoms with Crippen LogP contribution in [0.25, 0.3) is 10.7 Å². The Morgan fingerprint density at radius 1 is 1.24 bits per heavy atom. The molecule has 0 unspecified atom stereocenters. The third-order valence-electron chi connectivity index (χ3n) is 4.88. The van der Waals surface area contributed by atoms with E-state index in [0.29, 0.717) is 27.2 Å². The number of nitrogens with zero attached hydrogens (tertiary/aromatic N) is 2. The van der Waals surface area contributed by atoms with Crippen molar-refractivity contribution in [1.82, 2.24) is 20.6 Å². The molecule has 2 N–H and O–H groups in total. The number of esters is 1. The minimum absolute atomic E-state index is 0.0592. The number of nitrogens with one attached hydrogen (secondary N) is 2. The van der Waals surface area contributed by atoms with E-state index in [4.69, 9.17) is 4.74 Å². The first-order chi connectivity index (χ1) is 13.9. The van der Waals surface area contributed by atoms with Crippen LogP contribution < -0.4 is 10.6 Å². The maximum atomic E-state index is 12.3. The molecule has 2 aromatic heterocycles. The van der Waals surface area contributed by atoms with Gasteiger partial charge in [-0.3, -0.25) is 15.1 Å². The lowest BCUT2D eigenvalue weighted by molar-refractivity contribution is -0.123. The molecule has 2 atom stereocenters. The van der Waals surface area contributed by atoms with Gasteiger partial charge in [-0.15, -0.1) is 11.3 Å². The summed E-state index contributed by atoms with van der Waals surface area (Å²) in [6, 6.07) is 4.93. The molecule has 2 aromatic rings. The van der Waals surface area contributed by atoms with Crippen molar-refractivity contribution in [2.45, 2.75) is 45.6 Å². The first kappa shape index (κ1) is 20.9. The van der Waals surface area contributed by atoms with Crippen LogP contribution in [0.1, 0.15) is 48.0 Å². The molecule has 2 heterocycles. The van der Waals surface area contributed by atoms with Crippen molar-refractivity contribution >= 4 is 29.2 Å². The van der Waals surface area contributed by atoms with Crippen molar-refractivity contribution < 1.29 is 19.1 Å². The molecule has 8 nitrogen and oxygen atoms in total. The number of pyridine rings is 1. The number of rotatable bonds is 5. The van der Waals surface area contributed by atoms with E-state index in [9.17, 15) is 14.4 Å². The maximum Gasteiger partial charge on any atom is 0.350 e. The monoisotopic (exact) mass is 416 g/mol. The summed E-state index contributed by atoms with van der Waals surface area (Å²) < 4.78 is 5.05. The van der Waals surface area contributed by atoms with Gasteiger partial charge in [0, 0.05) is 12.2 Å². The van der Waals surface area contributed by atoms with Gasteiger partial charge in [0.1, 0.15) is 9.88 Å². The molecule has 0 radical (unpaired) electrons. The van der Waals surface area contributed by atoms with Crippen LogP contribution in [0.5, 0.6) is 0 Å². The maximum absolute atomic E-state index is 12.3. The van der Waals surface area contributed by atoms with Gasteiger partial charge in [0.15, 0.2) is 6.61 Å². The Hall–Kier alpha value is -2.81. The molecule has 1 aliphatic rings. The Bertz CT molecular complexity index is 884. The highest BCUT2D eigenvalue weighted by molar-refractivity contribution is 7.17. The number of aryl methyl sites for hydroxylation is 1. The number of ether oxygens (including phenoxy) is 1. The molecule has 3 rings (SSSR count). The molecule has 1 aliphatic carbocycles. The summed E-state index contributed by atoms with van der Waals surface area (Å²) in [4.78, 5) is 45.1. The number of hydrogen-bond donors (Lipinski definition) is 2. The standard InChI is InChI=1S/C20H24N4O4S/c1-12-7-3-4-8-14(12)23-20(27)24-16(25)11-28-19(26)17-13(2)22-18(29-17)15-9-5-6-10-21-15/h5-6,9-10,12,14H,3-4,7-8,11H2,1-2H3,(H2,23,24,25,27)/t12-,14+/m0/s1. The molecule has 9 heteroatoms. The second-order valence-corrected chi connectivity index (χ2v) is 8.11. The average Bonchev–Trinajstić information content (AvgIpc) is 3.10. The molecule has 0 bridgehead atoms. The number of urea groups is 1. The highest BCUT2D eigenvalue weighted by atomic mass is 32.1. The zero-order valence-corrected chi connectivity index (χ0v) is 17.3. The number of amides is 3. The SMILES string of the molecule is Cc1nc(-c2ccccn2)sc1C(=O)OCC(=O)NC(=O)N[C@@H]1CCCC[C@@H]1C. The van der Waals surface area contributed by atoms with Crippen molar-refractivity contribution in [3.05, 3.63) is 35.0 Å². The van der Waals surface area contributed by atoms with Crippen LogP contribution in [0.15, 0.2) is 24.4 Å². The fraction of sp³-hybridized carbons (Fsp3) is 0.450. The van der Waals surface area contributed by atoms with E-state index in [-0.39, 0.29) is 6.04 Å². The summed E-state index contributed by atoms with van der Waals surface area (Å²) in [5.41, 5.74) is 1.16. The van der Waals surface area contributed by atoms with Crippen molar-refractivity contribution in [2.75, 3.05) is 6.61 Å². The van der Waals surface area contributed by atoms with Gasteiger partial charge in [0.25, 0.3) is 5.91 Å². The van der Waals surface area contributed by atoms with Crippen molar-refractivity contribution in [3.63, 3.8) is 0 Å². The highest BCUT2D eigenvalue weighted by Crippen LogP contribution is 2.27. The van der Waals surface area contributed by atoms with Crippen LogP contribution in [0.3, 0.4) is 0 Å². The normalized spacial score (nSPS) is 18.7. The summed E-state index contributed by atoms with van der Waals surface area (Å²) >= 11 is 1.15. The smallest absolute Gasteiger partial charge is 0.350 e. The van der Waals surface area contributed by atoms with Gasteiger partial charge in [-0.05, 0) is 37.8 Å². The quantitative estimate of drug-likeness (QED) is 0.725. The minimum atomic E-state index is -0.675. The van der Waals surface area contributed by atoms with Crippen LogP contribution in [-0.4, -0.2) is 40.5 Å². The number of carbonyl (C=O) groups excluding carboxylic acids is 3. The van der Waals surface area contributed by atoms with Crippen LogP contribution >= 0.6 is 11.3 Å². The van der Waals surface area contributed by atoms with Crippen LogP contribution in [-0.2, 0) is 9.53 Å². The lowest BCUT2D eigenvalue weighted by Gasteiger charge is -2.29. The Balaban J connectivity index is 1.49. The Morgan fingerprint density at radius 3 is 2.76 bits per heavy atom. The van der Waals surface area contributed by atoms with E-state index in [1.54, 1.807) is 25.3 Å². The van der Waals surface area contributed by atoms with E-state index in [2.05, 4.69) is 27.5 Å². The lowest BCUT2D eigenvalue weighted by atomic mass is 9.86. The zero-order chi connectivity index (χ0) is 20.8. The summed E-state index contributed by atoms with van der Waals surface area (Å²) in [7, 11) is 0. The zero-order valence-electron chi connectivity index (χ0n) is 16.4. The lowest BCUT2D eigenvalue weighted by Crippen LogP contribution is -2.48. The number of hydrogen-bond acceptors (Lipinski definition) is 7. The second-order valence-electron chi connectivity index (χ2n) is 7.11. The first-order valence-corrected chi connectivity index (χ1v) is 10.4. The fourth-order valence-corrected chi connectivity index (χ4v) is 4.22. The topological polar surface area (TPSA) is 110 Å². The number of carbonyl (C=O) groups is 3. The molecule has 0 aliphatic heterocycles. The van der Waals surface area contributed by atoms with Gasteiger partial charge < -0.3 is 10.1 Å². The second kappa shape index (κ2) is 9.60. The largest absolute Gasteiger partial charge is 0.451 e. The summed E-state index contributed by atoms with van der Waals surface area (Å²) in [5.74, 6) is -0.949. The van der Waals surface area contributed by atoms with Crippen LogP contribution in [0.2, 0.25) is 0 Å². The van der Waals surface area contributed by atoms with Crippen molar-refractivity contribution in [1.29, 1.82) is 0 Å². The molecule has 3 amide bonds. The summed E-state index contributed by atoms with van der Waals surface area (Å²) in [5, 5.41) is 5.63. The third kappa shape index (κ3) is 5.60. The number of aromatic nitrogens is 2. The summed E-state index contributed by atoms with van der Waals surface area (Å²) in [6.45, 7) is 3.24. The third-order valence-corrected chi connectivity index (χ3v) is 6.04. The van der Waals surface area contributed by atoms with Gasteiger partial charge in [-0.1, -0.05) is 25.8 Å². The van der Waals surface area contributed by atoms with Gasteiger partial charge >= 0.3 is 12.0 Å². The summed E-state index contributed by atoms with van der Waals surface area (Å²) in [6.07, 6.45) is 5.84. The van der Waals surface area contributed by atoms with Crippen molar-refractivity contribution in [2.24, 2.45) is 5.92 Å². The van der Waals surface area contributed by atoms with Gasteiger partial charge in [-0.2, -0.15) is 0 Å². The average molecular weight is 417 g/mol. The van der Waals surface area contributed by atoms with E-state index in [0.717, 1.165) is 37.0 Å². The number of imide groups is 1.